The van der Waals surface area contributed by atoms with Crippen molar-refractivity contribution in [3.8, 4) is 0 Å². The Kier molecular flexibility index (Phi) is 8.36. The second kappa shape index (κ2) is 12.2. The average Bonchev–Trinajstić information content (AvgIpc) is 2.97. The molecule has 0 saturated heterocycles. The summed E-state index contributed by atoms with van der Waals surface area (Å²) in [6, 6.07) is 46.2. The van der Waals surface area contributed by atoms with E-state index in [9.17, 15) is 8.78 Å². The van der Waals surface area contributed by atoms with E-state index in [0.717, 1.165) is 0 Å². The van der Waals surface area contributed by atoms with Gasteiger partial charge in [-0.05, 0) is 49.2 Å². The van der Waals surface area contributed by atoms with E-state index >= 15 is 0 Å². The Morgan fingerprint density at radius 1 is 0.432 bits per heavy atom. The minimum absolute atomic E-state index is 0.687. The summed E-state index contributed by atoms with van der Waals surface area (Å²) in [6.45, 7) is 0. The summed E-state index contributed by atoms with van der Waals surface area (Å²) >= 11 is 0. The van der Waals surface area contributed by atoms with Gasteiger partial charge in [0.05, 0.1) is 0 Å². The van der Waals surface area contributed by atoms with Gasteiger partial charge in [-0.1, -0.05) is 121 Å². The highest BCUT2D eigenvalue weighted by atomic mass is 31.1. The van der Waals surface area contributed by atoms with Crippen LogP contribution in [0.5, 0.6) is 0 Å². The van der Waals surface area contributed by atoms with Crippen LogP contribution in [0.4, 0.5) is 14.5 Å². The molecule has 0 atom stereocenters. The maximum atomic E-state index is 14.5. The fraction of sp³-hybridized carbons (Fsp3) is 0.0625. The van der Waals surface area contributed by atoms with Gasteiger partial charge in [0.15, 0.2) is 11.6 Å². The first kappa shape index (κ1) is 25.3. The number of anilines is 1. The lowest BCUT2D eigenvalue weighted by molar-refractivity contribution is 0.508. The fourth-order valence-electron chi connectivity index (χ4n) is 4.29. The van der Waals surface area contributed by atoms with E-state index in [0.29, 0.717) is 18.3 Å². The molecule has 0 spiro atoms. The van der Waals surface area contributed by atoms with Crippen molar-refractivity contribution in [2.45, 2.75) is 0 Å². The molecule has 0 bridgehead atoms. The molecule has 0 unspecified atom stereocenters. The second-order valence-corrected chi connectivity index (χ2v) is 13.0. The average molecular weight is 526 g/mol. The molecule has 37 heavy (non-hydrogen) atoms. The third-order valence-corrected chi connectivity index (χ3v) is 11.1. The highest BCUT2D eigenvalue weighted by Gasteiger charge is 2.24. The molecule has 0 aromatic heterocycles. The van der Waals surface area contributed by atoms with Crippen molar-refractivity contribution < 1.29 is 8.78 Å². The van der Waals surface area contributed by atoms with Gasteiger partial charge < -0.3 is 4.90 Å². The molecular formula is C32H27F2NP2. The van der Waals surface area contributed by atoms with Crippen molar-refractivity contribution in [3.05, 3.63) is 151 Å². The van der Waals surface area contributed by atoms with Crippen molar-refractivity contribution in [3.63, 3.8) is 0 Å². The molecule has 5 aromatic carbocycles. The monoisotopic (exact) mass is 525 g/mol. The van der Waals surface area contributed by atoms with Gasteiger partial charge in [-0.3, -0.25) is 0 Å². The number of hydrogen-bond acceptors (Lipinski definition) is 1. The smallest absolute Gasteiger partial charge is 0.160 e. The van der Waals surface area contributed by atoms with Crippen LogP contribution in [-0.2, 0) is 0 Å². The predicted octanol–water partition coefficient (Wildman–Crippen LogP) is 6.95. The summed E-state index contributed by atoms with van der Waals surface area (Å²) in [4.78, 5) is 2.25. The third-order valence-electron chi connectivity index (χ3n) is 6.16. The van der Waals surface area contributed by atoms with Crippen LogP contribution in [0.2, 0.25) is 0 Å². The lowest BCUT2D eigenvalue weighted by atomic mass is 10.3. The van der Waals surface area contributed by atoms with Crippen molar-refractivity contribution >= 4 is 42.7 Å². The molecule has 0 radical (unpaired) electrons. The third kappa shape index (κ3) is 6.31. The molecule has 0 aliphatic carbocycles. The zero-order valence-corrected chi connectivity index (χ0v) is 22.1. The van der Waals surface area contributed by atoms with Crippen molar-refractivity contribution in [2.24, 2.45) is 0 Å². The van der Waals surface area contributed by atoms with Crippen LogP contribution in [0.1, 0.15) is 0 Å². The predicted molar refractivity (Wildman–Crippen MR) is 157 cm³/mol. The van der Waals surface area contributed by atoms with Gasteiger partial charge in [-0.2, -0.15) is 0 Å². The lowest BCUT2D eigenvalue weighted by Crippen LogP contribution is -2.32. The largest absolute Gasteiger partial charge is 0.362 e. The first-order valence-electron chi connectivity index (χ1n) is 12.1. The molecule has 184 valence electrons. The summed E-state index contributed by atoms with van der Waals surface area (Å²) in [5.74, 6) is -1.65. The van der Waals surface area contributed by atoms with E-state index in [-0.39, 0.29) is 0 Å². The molecular weight excluding hydrogens is 498 g/mol. The molecule has 5 heteroatoms. The normalized spacial score (nSPS) is 11.1. The van der Waals surface area contributed by atoms with Crippen LogP contribution >= 0.6 is 15.8 Å². The van der Waals surface area contributed by atoms with Crippen LogP contribution in [0.3, 0.4) is 0 Å². The van der Waals surface area contributed by atoms with Gasteiger partial charge in [0, 0.05) is 24.3 Å². The quantitative estimate of drug-likeness (QED) is 0.188. The zero-order chi connectivity index (χ0) is 25.5. The van der Waals surface area contributed by atoms with E-state index in [1.165, 1.54) is 33.4 Å². The fourth-order valence-corrected chi connectivity index (χ4v) is 9.03. The maximum absolute atomic E-state index is 14.5. The second-order valence-electron chi connectivity index (χ2n) is 8.62. The Hall–Kier alpha value is -3.38. The van der Waals surface area contributed by atoms with E-state index in [1.54, 1.807) is 6.07 Å². The summed E-state index contributed by atoms with van der Waals surface area (Å²) in [5.41, 5.74) is 0.692. The van der Waals surface area contributed by atoms with Crippen LogP contribution in [0.15, 0.2) is 140 Å². The molecule has 0 aliphatic rings. The van der Waals surface area contributed by atoms with Crippen LogP contribution < -0.4 is 26.1 Å². The first-order valence-corrected chi connectivity index (χ1v) is 15.2. The highest BCUT2D eigenvalue weighted by Crippen LogP contribution is 2.41. The number of halogens is 2. The Bertz CT molecular complexity index is 1240. The Balaban J connectivity index is 1.59. The Labute approximate surface area is 219 Å². The van der Waals surface area contributed by atoms with Crippen molar-refractivity contribution in [1.82, 2.24) is 0 Å². The van der Waals surface area contributed by atoms with Crippen molar-refractivity contribution in [2.75, 3.05) is 17.5 Å². The highest BCUT2D eigenvalue weighted by molar-refractivity contribution is 7.74. The lowest BCUT2D eigenvalue weighted by Gasteiger charge is -2.34. The molecule has 0 N–H and O–H groups in total. The molecule has 5 rings (SSSR count). The number of benzene rings is 5. The van der Waals surface area contributed by atoms with Gasteiger partial charge in [0.1, 0.15) is 0 Å². The summed E-state index contributed by atoms with van der Waals surface area (Å²) in [5, 5.41) is 5.00. The van der Waals surface area contributed by atoms with E-state index in [2.05, 4.69) is 102 Å². The van der Waals surface area contributed by atoms with E-state index in [4.69, 9.17) is 0 Å². The molecule has 0 heterocycles. The Morgan fingerprint density at radius 2 is 0.784 bits per heavy atom. The molecule has 5 aromatic rings. The first-order chi connectivity index (χ1) is 18.2. The minimum Gasteiger partial charge on any atom is -0.362 e. The van der Waals surface area contributed by atoms with Gasteiger partial charge in [0.2, 0.25) is 0 Å². The molecule has 0 aliphatic heterocycles. The summed E-state index contributed by atoms with van der Waals surface area (Å²) in [7, 11) is -1.56. The molecule has 0 amide bonds. The number of rotatable bonds is 9. The SMILES string of the molecule is Fc1ccc(N(CP(c2ccccc2)c2ccccc2)CP(c2ccccc2)c2ccccc2)cc1F. The topological polar surface area (TPSA) is 3.24 Å². The summed E-state index contributed by atoms with van der Waals surface area (Å²) in [6.07, 6.45) is 1.37. The van der Waals surface area contributed by atoms with Crippen LogP contribution in [0, 0.1) is 11.6 Å². The summed E-state index contributed by atoms with van der Waals surface area (Å²) < 4.78 is 28.5. The number of hydrogen-bond donors (Lipinski definition) is 0. The van der Waals surface area contributed by atoms with Gasteiger partial charge >= 0.3 is 0 Å². The molecule has 1 nitrogen and oxygen atoms in total. The van der Waals surface area contributed by atoms with E-state index < -0.39 is 27.5 Å². The molecule has 0 fully saturated rings. The number of nitrogens with zero attached hydrogens (tertiary/aromatic N) is 1. The Morgan fingerprint density at radius 3 is 1.11 bits per heavy atom. The van der Waals surface area contributed by atoms with Gasteiger partial charge in [-0.25, -0.2) is 8.78 Å². The minimum atomic E-state index is -0.828. The molecule has 0 saturated carbocycles. The maximum Gasteiger partial charge on any atom is 0.160 e. The van der Waals surface area contributed by atoms with Crippen LogP contribution in [0.25, 0.3) is 0 Å². The zero-order valence-electron chi connectivity index (χ0n) is 20.3. The van der Waals surface area contributed by atoms with Gasteiger partial charge in [0.25, 0.3) is 0 Å². The van der Waals surface area contributed by atoms with E-state index in [1.807, 2.05) is 24.3 Å². The van der Waals surface area contributed by atoms with Crippen LogP contribution in [-0.4, -0.2) is 12.6 Å². The van der Waals surface area contributed by atoms with Gasteiger partial charge in [-0.15, -0.1) is 0 Å². The van der Waals surface area contributed by atoms with Crippen molar-refractivity contribution in [1.29, 1.82) is 0 Å². The standard InChI is InChI=1S/C32H27F2NP2/c33-31-22-21-26(23-32(31)34)35(24-36(27-13-5-1-6-14-27)28-15-7-2-8-16-28)25-37(29-17-9-3-10-18-29)30-19-11-4-12-20-30/h1-23H,24-25H2.